The lowest BCUT2D eigenvalue weighted by molar-refractivity contribution is 0.115. The van der Waals surface area contributed by atoms with Crippen LogP contribution in [0.25, 0.3) is 0 Å². The van der Waals surface area contributed by atoms with E-state index in [9.17, 15) is 0 Å². The Morgan fingerprint density at radius 3 is 2.74 bits per heavy atom. The Morgan fingerprint density at radius 2 is 2.16 bits per heavy atom. The van der Waals surface area contributed by atoms with Crippen LogP contribution in [0.3, 0.4) is 0 Å². The van der Waals surface area contributed by atoms with E-state index in [4.69, 9.17) is 10.5 Å². The number of guanidine groups is 1. The molecule has 19 heavy (non-hydrogen) atoms. The number of methoxy groups -OCH3 is 1. The molecule has 1 heterocycles. The van der Waals surface area contributed by atoms with Gasteiger partial charge in [0.15, 0.2) is 5.96 Å². The van der Waals surface area contributed by atoms with Gasteiger partial charge in [0, 0.05) is 11.6 Å². The summed E-state index contributed by atoms with van der Waals surface area (Å²) in [5.41, 5.74) is 6.94. The van der Waals surface area contributed by atoms with Crippen molar-refractivity contribution in [3.63, 3.8) is 0 Å². The van der Waals surface area contributed by atoms with Crippen LogP contribution in [0.4, 0.5) is 5.69 Å². The van der Waals surface area contributed by atoms with Gasteiger partial charge in [0.05, 0.1) is 24.4 Å². The highest BCUT2D eigenvalue weighted by molar-refractivity contribution is 9.10. The van der Waals surface area contributed by atoms with Crippen LogP contribution in [0.2, 0.25) is 0 Å². The van der Waals surface area contributed by atoms with E-state index in [1.807, 2.05) is 24.3 Å². The van der Waals surface area contributed by atoms with Crippen molar-refractivity contribution in [2.24, 2.45) is 16.6 Å². The van der Waals surface area contributed by atoms with Gasteiger partial charge in [-0.2, -0.15) is 0 Å². The zero-order chi connectivity index (χ0) is 14.0. The van der Waals surface area contributed by atoms with E-state index in [2.05, 4.69) is 39.7 Å². The average Bonchev–Trinajstić information content (AvgIpc) is 2.69. The maximum absolute atomic E-state index is 6.12. The highest BCUT2D eigenvalue weighted by atomic mass is 79.9. The van der Waals surface area contributed by atoms with Crippen molar-refractivity contribution in [3.05, 3.63) is 28.7 Å². The number of ether oxygens (including phenoxy) is 1. The molecule has 1 unspecified atom stereocenters. The number of benzene rings is 1. The number of halogens is 1. The van der Waals surface area contributed by atoms with Gasteiger partial charge in [0.25, 0.3) is 0 Å². The second kappa shape index (κ2) is 5.51. The van der Waals surface area contributed by atoms with Gasteiger partial charge in [-0.3, -0.25) is 4.99 Å². The molecule has 0 aromatic heterocycles. The summed E-state index contributed by atoms with van der Waals surface area (Å²) in [6, 6.07) is 8.05. The fraction of sp³-hybridized carbons (Fsp3) is 0.500. The molecule has 1 aliphatic heterocycles. The van der Waals surface area contributed by atoms with Gasteiger partial charge < -0.3 is 15.4 Å². The molecule has 0 spiro atoms. The zero-order valence-corrected chi connectivity index (χ0v) is 13.1. The van der Waals surface area contributed by atoms with Crippen molar-refractivity contribution in [1.29, 1.82) is 0 Å². The zero-order valence-electron chi connectivity index (χ0n) is 11.6. The van der Waals surface area contributed by atoms with Gasteiger partial charge in [0.1, 0.15) is 0 Å². The molecule has 1 aromatic rings. The fourth-order valence-electron chi connectivity index (χ4n) is 2.55. The van der Waals surface area contributed by atoms with Crippen molar-refractivity contribution >= 4 is 27.6 Å². The number of hydrogen-bond acceptors (Lipinski definition) is 4. The van der Waals surface area contributed by atoms with E-state index < -0.39 is 0 Å². The molecule has 1 aromatic carbocycles. The number of rotatable bonds is 4. The Kier molecular flexibility index (Phi) is 4.16. The predicted octanol–water partition coefficient (Wildman–Crippen LogP) is 2.63. The number of para-hydroxylation sites is 1. The van der Waals surface area contributed by atoms with Crippen LogP contribution < -0.4 is 10.6 Å². The number of anilines is 1. The molecule has 0 aliphatic carbocycles. The summed E-state index contributed by atoms with van der Waals surface area (Å²) in [5.74, 6) is 0.919. The van der Waals surface area contributed by atoms with Crippen LogP contribution in [0, 0.1) is 5.92 Å². The van der Waals surface area contributed by atoms with E-state index in [1.165, 1.54) is 0 Å². The smallest absolute Gasteiger partial charge is 0.196 e. The first-order chi connectivity index (χ1) is 9.03. The minimum Gasteiger partial charge on any atom is -0.382 e. The summed E-state index contributed by atoms with van der Waals surface area (Å²) in [7, 11) is 1.72. The molecule has 2 rings (SSSR count). The maximum Gasteiger partial charge on any atom is 0.196 e. The molecule has 1 aliphatic rings. The lowest BCUT2D eigenvalue weighted by Crippen LogP contribution is -2.58. The summed E-state index contributed by atoms with van der Waals surface area (Å²) in [6.45, 7) is 5.61. The molecule has 104 valence electrons. The summed E-state index contributed by atoms with van der Waals surface area (Å²) in [5, 5.41) is 0. The second-order valence-corrected chi connectivity index (χ2v) is 6.01. The van der Waals surface area contributed by atoms with E-state index in [1.54, 1.807) is 7.11 Å². The van der Waals surface area contributed by atoms with Crippen molar-refractivity contribution in [1.82, 2.24) is 0 Å². The molecule has 0 fully saturated rings. The molecule has 0 radical (unpaired) electrons. The van der Waals surface area contributed by atoms with Crippen LogP contribution in [-0.2, 0) is 4.74 Å². The number of nitrogens with two attached hydrogens (primary N) is 1. The standard InChI is InChI=1S/C14H20BrN3O/c1-10(2)14(9-19-3)8-17-13(16)18(14)12-7-5-4-6-11(12)15/h4-7,10H,8-9H2,1-3H3,(H2,16,17). The van der Waals surface area contributed by atoms with Crippen molar-refractivity contribution in [2.45, 2.75) is 19.4 Å². The Bertz CT molecular complexity index is 489. The van der Waals surface area contributed by atoms with Gasteiger partial charge in [0.2, 0.25) is 0 Å². The molecule has 2 N–H and O–H groups in total. The summed E-state index contributed by atoms with van der Waals surface area (Å²) in [4.78, 5) is 6.55. The van der Waals surface area contributed by atoms with Crippen molar-refractivity contribution in [3.8, 4) is 0 Å². The second-order valence-electron chi connectivity index (χ2n) is 5.15. The van der Waals surface area contributed by atoms with Gasteiger partial charge >= 0.3 is 0 Å². The Labute approximate surface area is 122 Å². The van der Waals surface area contributed by atoms with Crippen molar-refractivity contribution < 1.29 is 4.74 Å². The lowest BCUT2D eigenvalue weighted by Gasteiger charge is -2.42. The van der Waals surface area contributed by atoms with Gasteiger partial charge in [-0.1, -0.05) is 26.0 Å². The van der Waals surface area contributed by atoms with Gasteiger partial charge in [-0.05, 0) is 34.0 Å². The number of nitrogens with zero attached hydrogens (tertiary/aromatic N) is 2. The van der Waals surface area contributed by atoms with Crippen LogP contribution in [0.1, 0.15) is 13.8 Å². The molecular formula is C14H20BrN3O. The van der Waals surface area contributed by atoms with Crippen LogP contribution in [0.5, 0.6) is 0 Å². The van der Waals surface area contributed by atoms with E-state index >= 15 is 0 Å². The molecule has 0 bridgehead atoms. The lowest BCUT2D eigenvalue weighted by atomic mass is 9.85. The normalized spacial score (nSPS) is 23.0. The number of aliphatic imine (C=N–C) groups is 1. The van der Waals surface area contributed by atoms with Gasteiger partial charge in [-0.15, -0.1) is 0 Å². The van der Waals surface area contributed by atoms with Gasteiger partial charge in [-0.25, -0.2) is 0 Å². The third-order valence-electron chi connectivity index (χ3n) is 3.75. The predicted molar refractivity (Wildman–Crippen MR) is 82.6 cm³/mol. The molecule has 4 nitrogen and oxygen atoms in total. The quantitative estimate of drug-likeness (QED) is 0.925. The maximum atomic E-state index is 6.12. The average molecular weight is 326 g/mol. The van der Waals surface area contributed by atoms with E-state index in [-0.39, 0.29) is 5.54 Å². The van der Waals surface area contributed by atoms with Crippen LogP contribution in [-0.4, -0.2) is 31.8 Å². The molecule has 0 saturated carbocycles. The van der Waals surface area contributed by atoms with E-state index in [0.29, 0.717) is 25.0 Å². The highest BCUT2D eigenvalue weighted by Gasteiger charge is 2.46. The third-order valence-corrected chi connectivity index (χ3v) is 4.42. The minimum atomic E-state index is -0.220. The van der Waals surface area contributed by atoms with Crippen LogP contribution in [0.15, 0.2) is 33.7 Å². The molecule has 0 amide bonds. The monoisotopic (exact) mass is 325 g/mol. The fourth-order valence-corrected chi connectivity index (χ4v) is 3.01. The molecular weight excluding hydrogens is 306 g/mol. The van der Waals surface area contributed by atoms with Crippen LogP contribution >= 0.6 is 15.9 Å². The SMILES string of the molecule is COCC1(C(C)C)CN=C(N)N1c1ccccc1Br. The molecule has 0 saturated heterocycles. The number of hydrogen-bond donors (Lipinski definition) is 1. The molecule has 1 atom stereocenters. The topological polar surface area (TPSA) is 50.9 Å². The highest BCUT2D eigenvalue weighted by Crippen LogP contribution is 2.38. The Balaban J connectivity index is 2.50. The third kappa shape index (κ3) is 2.37. The summed E-state index contributed by atoms with van der Waals surface area (Å²) >= 11 is 3.59. The minimum absolute atomic E-state index is 0.220. The largest absolute Gasteiger partial charge is 0.382 e. The Morgan fingerprint density at radius 1 is 1.47 bits per heavy atom. The summed E-state index contributed by atoms with van der Waals surface area (Å²) in [6.07, 6.45) is 0. The molecule has 5 heteroatoms. The van der Waals surface area contributed by atoms with E-state index in [0.717, 1.165) is 10.2 Å². The first-order valence-corrected chi connectivity index (χ1v) is 7.16. The first-order valence-electron chi connectivity index (χ1n) is 6.36. The Hall–Kier alpha value is -1.07. The van der Waals surface area contributed by atoms with Crippen molar-refractivity contribution in [2.75, 3.05) is 25.2 Å². The summed E-state index contributed by atoms with van der Waals surface area (Å²) < 4.78 is 6.45. The first kappa shape index (κ1) is 14.3.